The smallest absolute Gasteiger partial charge is 0.242 e. The number of nitrogens with zero attached hydrogens (tertiary/aromatic N) is 1. The van der Waals surface area contributed by atoms with Gasteiger partial charge in [0.05, 0.1) is 17.6 Å². The van der Waals surface area contributed by atoms with Gasteiger partial charge in [0.25, 0.3) is 0 Å². The number of aliphatic hydroxyl groups excluding tert-OH is 1. The van der Waals surface area contributed by atoms with Crippen LogP contribution in [0.1, 0.15) is 43.8 Å². The number of aromatic nitrogens is 1. The van der Waals surface area contributed by atoms with Gasteiger partial charge in [0, 0.05) is 31.1 Å². The molecule has 1 aromatic rings. The molecular formula is C14H22N2O4S. The van der Waals surface area contributed by atoms with Crippen LogP contribution < -0.4 is 4.72 Å². The van der Waals surface area contributed by atoms with Gasteiger partial charge >= 0.3 is 0 Å². The Morgan fingerprint density at radius 1 is 1.38 bits per heavy atom. The molecule has 1 unspecified atom stereocenters. The van der Waals surface area contributed by atoms with E-state index < -0.39 is 10.0 Å². The van der Waals surface area contributed by atoms with E-state index in [0.717, 1.165) is 32.3 Å². The Kier molecular flexibility index (Phi) is 4.35. The quantitative estimate of drug-likeness (QED) is 0.791. The Hall–Kier alpha value is -0.890. The van der Waals surface area contributed by atoms with Gasteiger partial charge in [0.15, 0.2) is 0 Å². The molecule has 2 heterocycles. The number of nitrogens with one attached hydrogen (secondary N) is 1. The molecule has 0 amide bonds. The van der Waals surface area contributed by atoms with Crippen LogP contribution in [0.25, 0.3) is 0 Å². The maximum Gasteiger partial charge on any atom is 0.242 e. The van der Waals surface area contributed by atoms with Crippen molar-refractivity contribution < 1.29 is 18.3 Å². The second-order valence-electron chi connectivity index (χ2n) is 5.79. The van der Waals surface area contributed by atoms with Crippen LogP contribution in [0.15, 0.2) is 17.2 Å². The summed E-state index contributed by atoms with van der Waals surface area (Å²) in [6, 6.07) is 1.91. The first-order valence-electron chi connectivity index (χ1n) is 7.53. The van der Waals surface area contributed by atoms with E-state index >= 15 is 0 Å². The molecule has 2 aliphatic rings. The van der Waals surface area contributed by atoms with Gasteiger partial charge in [-0.15, -0.1) is 0 Å². The van der Waals surface area contributed by atoms with Crippen LogP contribution in [0.4, 0.5) is 0 Å². The third kappa shape index (κ3) is 3.48. The summed E-state index contributed by atoms with van der Waals surface area (Å²) in [5.74, 6) is 0. The third-order valence-electron chi connectivity index (χ3n) is 4.10. The summed E-state index contributed by atoms with van der Waals surface area (Å²) in [7, 11) is -3.51. The van der Waals surface area contributed by atoms with E-state index in [-0.39, 0.29) is 17.6 Å². The highest BCUT2D eigenvalue weighted by atomic mass is 32.2. The summed E-state index contributed by atoms with van der Waals surface area (Å²) in [6.07, 6.45) is 6.68. The first kappa shape index (κ1) is 15.0. The molecule has 2 N–H and O–H groups in total. The summed E-state index contributed by atoms with van der Waals surface area (Å²) in [4.78, 5) is 0.241. The summed E-state index contributed by atoms with van der Waals surface area (Å²) in [6.45, 7) is 1.03. The molecule has 0 bridgehead atoms. The van der Waals surface area contributed by atoms with Crippen LogP contribution in [0, 0.1) is 0 Å². The van der Waals surface area contributed by atoms with Crippen LogP contribution in [-0.4, -0.2) is 37.3 Å². The van der Waals surface area contributed by atoms with Crippen LogP contribution in [-0.2, 0) is 21.4 Å². The fourth-order valence-corrected chi connectivity index (χ4v) is 3.87. The molecule has 1 aliphatic heterocycles. The summed E-state index contributed by atoms with van der Waals surface area (Å²) in [5, 5.41) is 9.34. The van der Waals surface area contributed by atoms with Gasteiger partial charge in [0.2, 0.25) is 10.0 Å². The molecule has 1 atom stereocenters. The monoisotopic (exact) mass is 314 g/mol. The first-order valence-corrected chi connectivity index (χ1v) is 9.01. The molecule has 2 fully saturated rings. The SMILES string of the molecule is O=S(=O)(NCCC1CCCO1)c1cc(CO)n(C2CC2)c1. The number of hydrogen-bond acceptors (Lipinski definition) is 4. The molecule has 118 valence electrons. The van der Waals surface area contributed by atoms with Crippen molar-refractivity contribution in [3.05, 3.63) is 18.0 Å². The molecule has 1 saturated heterocycles. The van der Waals surface area contributed by atoms with Crippen molar-refractivity contribution in [2.75, 3.05) is 13.2 Å². The molecule has 1 saturated carbocycles. The molecule has 0 spiro atoms. The summed E-state index contributed by atoms with van der Waals surface area (Å²) < 4.78 is 34.6. The lowest BCUT2D eigenvalue weighted by molar-refractivity contribution is 0.105. The van der Waals surface area contributed by atoms with Crippen molar-refractivity contribution in [2.45, 2.75) is 55.8 Å². The Labute approximate surface area is 125 Å². The van der Waals surface area contributed by atoms with Crippen molar-refractivity contribution in [1.29, 1.82) is 0 Å². The van der Waals surface area contributed by atoms with E-state index in [1.54, 1.807) is 12.3 Å². The molecule has 3 rings (SSSR count). The Morgan fingerprint density at radius 3 is 2.81 bits per heavy atom. The van der Waals surface area contributed by atoms with Crippen LogP contribution in [0.3, 0.4) is 0 Å². The molecule has 21 heavy (non-hydrogen) atoms. The highest BCUT2D eigenvalue weighted by Crippen LogP contribution is 2.37. The van der Waals surface area contributed by atoms with Gasteiger partial charge in [-0.1, -0.05) is 0 Å². The van der Waals surface area contributed by atoms with Crippen molar-refractivity contribution in [2.24, 2.45) is 0 Å². The molecule has 7 heteroatoms. The van der Waals surface area contributed by atoms with Gasteiger partial charge in [-0.05, 0) is 38.2 Å². The van der Waals surface area contributed by atoms with E-state index in [9.17, 15) is 13.5 Å². The number of aliphatic hydroxyl groups is 1. The van der Waals surface area contributed by atoms with E-state index in [4.69, 9.17) is 4.74 Å². The van der Waals surface area contributed by atoms with E-state index in [1.807, 2.05) is 4.57 Å². The molecule has 6 nitrogen and oxygen atoms in total. The fraction of sp³-hybridized carbons (Fsp3) is 0.714. The predicted molar refractivity (Wildman–Crippen MR) is 77.4 cm³/mol. The Morgan fingerprint density at radius 2 is 2.19 bits per heavy atom. The maximum absolute atomic E-state index is 12.3. The summed E-state index contributed by atoms with van der Waals surface area (Å²) in [5.41, 5.74) is 0.664. The lowest BCUT2D eigenvalue weighted by Gasteiger charge is -2.09. The van der Waals surface area contributed by atoms with Gasteiger partial charge in [-0.3, -0.25) is 0 Å². The largest absolute Gasteiger partial charge is 0.390 e. The average molecular weight is 314 g/mol. The molecular weight excluding hydrogens is 292 g/mol. The second-order valence-corrected chi connectivity index (χ2v) is 7.55. The number of sulfonamides is 1. The van der Waals surface area contributed by atoms with Crippen molar-refractivity contribution in [1.82, 2.24) is 9.29 Å². The number of rotatable bonds is 7. The van der Waals surface area contributed by atoms with Crippen molar-refractivity contribution in [3.63, 3.8) is 0 Å². The lowest BCUT2D eigenvalue weighted by atomic mass is 10.2. The van der Waals surface area contributed by atoms with Crippen LogP contribution >= 0.6 is 0 Å². The van der Waals surface area contributed by atoms with E-state index in [0.29, 0.717) is 24.7 Å². The second kappa shape index (κ2) is 6.08. The van der Waals surface area contributed by atoms with Crippen molar-refractivity contribution >= 4 is 10.0 Å². The van der Waals surface area contributed by atoms with E-state index in [1.165, 1.54) is 0 Å². The maximum atomic E-state index is 12.3. The number of ether oxygens (including phenoxy) is 1. The van der Waals surface area contributed by atoms with Gasteiger partial charge in [-0.25, -0.2) is 13.1 Å². The van der Waals surface area contributed by atoms with Crippen LogP contribution in [0.5, 0.6) is 0 Å². The zero-order valence-corrected chi connectivity index (χ0v) is 12.8. The predicted octanol–water partition coefficient (Wildman–Crippen LogP) is 1.16. The topological polar surface area (TPSA) is 80.6 Å². The van der Waals surface area contributed by atoms with Crippen LogP contribution in [0.2, 0.25) is 0 Å². The van der Waals surface area contributed by atoms with Gasteiger partial charge < -0.3 is 14.4 Å². The molecule has 1 aliphatic carbocycles. The van der Waals surface area contributed by atoms with Gasteiger partial charge in [0.1, 0.15) is 0 Å². The first-order chi connectivity index (χ1) is 10.1. The lowest BCUT2D eigenvalue weighted by Crippen LogP contribution is -2.27. The average Bonchev–Trinajstić information content (AvgIpc) is 3.00. The minimum absolute atomic E-state index is 0.137. The summed E-state index contributed by atoms with van der Waals surface area (Å²) >= 11 is 0. The molecule has 0 radical (unpaired) electrons. The number of hydrogen-bond donors (Lipinski definition) is 2. The van der Waals surface area contributed by atoms with E-state index in [2.05, 4.69) is 4.72 Å². The standard InChI is InChI=1S/C14H22N2O4S/c17-10-12-8-14(9-16(12)11-3-4-11)21(18,19)15-6-5-13-2-1-7-20-13/h8-9,11,13,15,17H,1-7,10H2. The fourth-order valence-electron chi connectivity index (χ4n) is 2.77. The van der Waals surface area contributed by atoms with Gasteiger partial charge in [-0.2, -0.15) is 0 Å². The third-order valence-corrected chi connectivity index (χ3v) is 5.53. The molecule has 0 aromatic carbocycles. The van der Waals surface area contributed by atoms with Crippen molar-refractivity contribution in [3.8, 4) is 0 Å². The minimum atomic E-state index is -3.51. The zero-order chi connectivity index (χ0) is 14.9. The molecule has 1 aromatic heterocycles. The highest BCUT2D eigenvalue weighted by molar-refractivity contribution is 7.89. The highest BCUT2D eigenvalue weighted by Gasteiger charge is 2.28. The Bertz CT molecular complexity index is 586. The Balaban J connectivity index is 1.63. The normalized spacial score (nSPS) is 22.8. The zero-order valence-electron chi connectivity index (χ0n) is 12.0. The minimum Gasteiger partial charge on any atom is -0.390 e.